The van der Waals surface area contributed by atoms with Crippen molar-refractivity contribution in [2.45, 2.75) is 16.7 Å². The van der Waals surface area contributed by atoms with E-state index in [1.807, 2.05) is 73.7 Å². The summed E-state index contributed by atoms with van der Waals surface area (Å²) in [6, 6.07) is 28.0. The Morgan fingerprint density at radius 1 is 0.784 bits per heavy atom. The minimum atomic E-state index is 0.569. The van der Waals surface area contributed by atoms with Gasteiger partial charge in [0, 0.05) is 44.2 Å². The molecule has 8 heteroatoms. The normalized spacial score (nSPS) is 11.1. The van der Waals surface area contributed by atoms with E-state index in [9.17, 15) is 0 Å². The molecule has 0 saturated carbocycles. The number of pyridine rings is 3. The molecule has 0 aliphatic carbocycles. The highest BCUT2D eigenvalue weighted by atomic mass is 32.2. The van der Waals surface area contributed by atoms with Gasteiger partial charge in [-0.1, -0.05) is 42.1 Å². The monoisotopic (exact) mass is 502 g/mol. The quantitative estimate of drug-likeness (QED) is 0.265. The average Bonchev–Trinajstić information content (AvgIpc) is 2.94. The van der Waals surface area contributed by atoms with Gasteiger partial charge < -0.3 is 10.1 Å². The fraction of sp³-hybridized carbons (Fsp3) is 0.0690. The number of hydrogen-bond acceptors (Lipinski definition) is 8. The fourth-order valence-corrected chi connectivity index (χ4v) is 5.01. The summed E-state index contributed by atoms with van der Waals surface area (Å²) in [6.45, 7) is 1.97. The number of nitrogens with one attached hydrogen (secondary N) is 1. The van der Waals surface area contributed by atoms with E-state index in [0.717, 1.165) is 54.4 Å². The summed E-state index contributed by atoms with van der Waals surface area (Å²) in [5.41, 5.74) is 5.10. The van der Waals surface area contributed by atoms with Crippen molar-refractivity contribution in [2.75, 3.05) is 12.4 Å². The van der Waals surface area contributed by atoms with Crippen LogP contribution < -0.4 is 10.1 Å². The van der Waals surface area contributed by atoms with Crippen LogP contribution in [0.1, 0.15) is 5.69 Å². The SMILES string of the molecule is COc1ccc2nccc(Sc3ccc(Nc4nnc(-c5cccc(C)n5)c5ccccc45)cc3)c2n1. The van der Waals surface area contributed by atoms with E-state index in [-0.39, 0.29) is 0 Å². The van der Waals surface area contributed by atoms with Crippen LogP contribution in [0.4, 0.5) is 11.5 Å². The van der Waals surface area contributed by atoms with E-state index in [0.29, 0.717) is 11.7 Å². The lowest BCUT2D eigenvalue weighted by molar-refractivity contribution is 0.399. The van der Waals surface area contributed by atoms with Gasteiger partial charge in [-0.2, -0.15) is 0 Å². The Morgan fingerprint density at radius 3 is 2.43 bits per heavy atom. The van der Waals surface area contributed by atoms with Gasteiger partial charge in [0.05, 0.1) is 18.3 Å². The van der Waals surface area contributed by atoms with Gasteiger partial charge in [-0.3, -0.25) is 9.97 Å². The summed E-state index contributed by atoms with van der Waals surface area (Å²) < 4.78 is 5.30. The molecular weight excluding hydrogens is 480 g/mol. The molecule has 0 unspecified atom stereocenters. The minimum Gasteiger partial charge on any atom is -0.481 e. The smallest absolute Gasteiger partial charge is 0.213 e. The largest absolute Gasteiger partial charge is 0.481 e. The zero-order chi connectivity index (χ0) is 25.2. The number of methoxy groups -OCH3 is 1. The second kappa shape index (κ2) is 9.83. The number of ether oxygens (including phenoxy) is 1. The highest BCUT2D eigenvalue weighted by Crippen LogP contribution is 2.34. The van der Waals surface area contributed by atoms with E-state index >= 15 is 0 Å². The third kappa shape index (κ3) is 4.66. The molecule has 0 spiro atoms. The van der Waals surface area contributed by atoms with Crippen molar-refractivity contribution in [3.8, 4) is 17.3 Å². The summed E-state index contributed by atoms with van der Waals surface area (Å²) in [4.78, 5) is 15.7. The van der Waals surface area contributed by atoms with Crippen molar-refractivity contribution in [2.24, 2.45) is 0 Å². The second-order valence-corrected chi connectivity index (χ2v) is 9.50. The third-order valence-corrected chi connectivity index (χ3v) is 6.95. The molecule has 4 heterocycles. The van der Waals surface area contributed by atoms with Gasteiger partial charge in [-0.15, -0.1) is 10.2 Å². The van der Waals surface area contributed by atoms with E-state index in [4.69, 9.17) is 4.74 Å². The highest BCUT2D eigenvalue weighted by Gasteiger charge is 2.13. The Kier molecular flexibility index (Phi) is 6.08. The van der Waals surface area contributed by atoms with Crippen molar-refractivity contribution in [1.82, 2.24) is 25.1 Å². The molecule has 7 nitrogen and oxygen atoms in total. The first-order valence-corrected chi connectivity index (χ1v) is 12.5. The van der Waals surface area contributed by atoms with Gasteiger partial charge >= 0.3 is 0 Å². The molecule has 180 valence electrons. The van der Waals surface area contributed by atoms with Crippen LogP contribution in [0.5, 0.6) is 5.88 Å². The summed E-state index contributed by atoms with van der Waals surface area (Å²) >= 11 is 1.63. The van der Waals surface area contributed by atoms with Crippen LogP contribution in [0, 0.1) is 6.92 Å². The predicted molar refractivity (Wildman–Crippen MR) is 147 cm³/mol. The van der Waals surface area contributed by atoms with Gasteiger partial charge in [0.15, 0.2) is 5.82 Å². The molecule has 1 N–H and O–H groups in total. The molecule has 0 amide bonds. The lowest BCUT2D eigenvalue weighted by Gasteiger charge is -2.12. The molecule has 4 aromatic heterocycles. The van der Waals surface area contributed by atoms with Crippen LogP contribution in [0.2, 0.25) is 0 Å². The van der Waals surface area contributed by atoms with E-state index < -0.39 is 0 Å². The second-order valence-electron chi connectivity index (χ2n) is 8.39. The number of benzene rings is 2. The third-order valence-electron chi connectivity index (χ3n) is 5.89. The predicted octanol–water partition coefficient (Wildman–Crippen LogP) is 6.85. The number of aryl methyl sites for hydroxylation is 1. The minimum absolute atomic E-state index is 0.569. The number of fused-ring (bicyclic) bond motifs is 2. The topological polar surface area (TPSA) is 85.7 Å². The Labute approximate surface area is 218 Å². The highest BCUT2D eigenvalue weighted by molar-refractivity contribution is 7.99. The first-order valence-electron chi connectivity index (χ1n) is 11.7. The molecule has 37 heavy (non-hydrogen) atoms. The molecular formula is C29H22N6OS. The number of anilines is 2. The number of rotatable bonds is 6. The van der Waals surface area contributed by atoms with Crippen molar-refractivity contribution >= 4 is 45.1 Å². The van der Waals surface area contributed by atoms with Crippen LogP contribution in [-0.2, 0) is 0 Å². The number of aromatic nitrogens is 5. The summed E-state index contributed by atoms with van der Waals surface area (Å²) in [5.74, 6) is 1.27. The lowest BCUT2D eigenvalue weighted by Crippen LogP contribution is -2.00. The van der Waals surface area contributed by atoms with Gasteiger partial charge in [0.2, 0.25) is 5.88 Å². The van der Waals surface area contributed by atoms with Crippen LogP contribution in [-0.4, -0.2) is 32.3 Å². The maximum atomic E-state index is 5.30. The van der Waals surface area contributed by atoms with Gasteiger partial charge in [0.1, 0.15) is 11.2 Å². The first-order chi connectivity index (χ1) is 18.2. The van der Waals surface area contributed by atoms with Crippen LogP contribution >= 0.6 is 11.8 Å². The van der Waals surface area contributed by atoms with Crippen molar-refractivity contribution in [3.63, 3.8) is 0 Å². The molecule has 0 saturated heterocycles. The van der Waals surface area contributed by atoms with E-state index in [2.05, 4.69) is 48.7 Å². The molecule has 0 radical (unpaired) electrons. The molecule has 0 aliphatic rings. The van der Waals surface area contributed by atoms with Gasteiger partial charge in [0.25, 0.3) is 0 Å². The average molecular weight is 503 g/mol. The zero-order valence-corrected chi connectivity index (χ0v) is 21.0. The molecule has 6 rings (SSSR count). The van der Waals surface area contributed by atoms with E-state index in [1.54, 1.807) is 25.1 Å². The van der Waals surface area contributed by atoms with Gasteiger partial charge in [-0.25, -0.2) is 4.98 Å². The molecule has 0 aliphatic heterocycles. The van der Waals surface area contributed by atoms with Crippen LogP contribution in [0.3, 0.4) is 0 Å². The standard InChI is InChI=1S/C29H22N6OS/c1-18-6-5-9-24(31-18)27-21-7-3-4-8-22(21)29(35-34-27)32-19-10-12-20(13-11-19)37-25-16-17-30-23-14-15-26(36-2)33-28(23)25/h3-17H,1-2H3,(H,32,35). The number of nitrogens with zero attached hydrogens (tertiary/aromatic N) is 5. The Hall–Kier alpha value is -4.56. The fourth-order valence-electron chi connectivity index (χ4n) is 4.11. The maximum Gasteiger partial charge on any atom is 0.213 e. The molecule has 6 aromatic rings. The molecule has 0 fully saturated rings. The van der Waals surface area contributed by atoms with Crippen LogP contribution in [0.25, 0.3) is 33.2 Å². The maximum absolute atomic E-state index is 5.30. The summed E-state index contributed by atoms with van der Waals surface area (Å²) in [6.07, 6.45) is 1.80. The Balaban J connectivity index is 1.27. The van der Waals surface area contributed by atoms with Crippen molar-refractivity contribution in [1.29, 1.82) is 0 Å². The van der Waals surface area contributed by atoms with Gasteiger partial charge in [-0.05, 0) is 55.5 Å². The molecule has 2 aromatic carbocycles. The summed E-state index contributed by atoms with van der Waals surface area (Å²) in [7, 11) is 1.61. The number of hydrogen-bond donors (Lipinski definition) is 1. The first kappa shape index (κ1) is 22.9. The molecule has 0 atom stereocenters. The van der Waals surface area contributed by atoms with Crippen LogP contribution in [0.15, 0.2) is 101 Å². The lowest BCUT2D eigenvalue weighted by atomic mass is 10.1. The zero-order valence-electron chi connectivity index (χ0n) is 20.2. The van der Waals surface area contributed by atoms with Crippen molar-refractivity contribution < 1.29 is 4.74 Å². The Morgan fingerprint density at radius 2 is 1.62 bits per heavy atom. The molecule has 0 bridgehead atoms. The van der Waals surface area contributed by atoms with E-state index in [1.165, 1.54) is 0 Å². The Bertz CT molecular complexity index is 1740. The summed E-state index contributed by atoms with van der Waals surface area (Å²) in [5, 5.41) is 14.5. The van der Waals surface area contributed by atoms with Crippen molar-refractivity contribution in [3.05, 3.63) is 96.8 Å².